The zero-order valence-corrected chi connectivity index (χ0v) is 16.5. The first-order valence-electron chi connectivity index (χ1n) is 11.2. The third-order valence-corrected chi connectivity index (χ3v) is 7.31. The summed E-state index contributed by atoms with van der Waals surface area (Å²) in [6.45, 7) is 4.24. The Kier molecular flexibility index (Phi) is 6.21. The monoisotopic (exact) mass is 377 g/mol. The summed E-state index contributed by atoms with van der Waals surface area (Å²) in [7, 11) is 0. The van der Waals surface area contributed by atoms with E-state index in [4.69, 9.17) is 4.74 Å². The number of urea groups is 1. The lowest BCUT2D eigenvalue weighted by atomic mass is 9.80. The van der Waals surface area contributed by atoms with Crippen LogP contribution in [0.15, 0.2) is 0 Å². The molecule has 0 aromatic heterocycles. The summed E-state index contributed by atoms with van der Waals surface area (Å²) < 4.78 is 5.48. The molecule has 6 nitrogen and oxygen atoms in total. The number of ether oxygens (including phenoxy) is 1. The minimum absolute atomic E-state index is 0.0377. The molecule has 4 rings (SSSR count). The van der Waals surface area contributed by atoms with E-state index in [0.29, 0.717) is 6.04 Å². The second-order valence-corrected chi connectivity index (χ2v) is 8.89. The van der Waals surface area contributed by atoms with Gasteiger partial charge >= 0.3 is 6.03 Å². The maximum Gasteiger partial charge on any atom is 0.318 e. The molecule has 3 aliphatic heterocycles. The molecule has 4 aliphatic rings. The summed E-state index contributed by atoms with van der Waals surface area (Å²) in [6, 6.07) is 0.0558. The predicted octanol–water partition coefficient (Wildman–Crippen LogP) is 2.77. The largest absolute Gasteiger partial charge is 0.381 e. The molecule has 0 spiro atoms. The van der Waals surface area contributed by atoms with E-state index in [2.05, 4.69) is 5.32 Å². The van der Waals surface area contributed by atoms with Crippen molar-refractivity contribution in [3.63, 3.8) is 0 Å². The molecule has 152 valence electrons. The van der Waals surface area contributed by atoms with Crippen LogP contribution < -0.4 is 5.32 Å². The minimum Gasteiger partial charge on any atom is -0.381 e. The quantitative estimate of drug-likeness (QED) is 0.823. The molecule has 27 heavy (non-hydrogen) atoms. The summed E-state index contributed by atoms with van der Waals surface area (Å²) in [5.74, 6) is 1.64. The van der Waals surface area contributed by atoms with Crippen LogP contribution in [0.2, 0.25) is 0 Å². The number of piperidine rings is 1. The maximum absolute atomic E-state index is 12.8. The highest BCUT2D eigenvalue weighted by Crippen LogP contribution is 2.32. The van der Waals surface area contributed by atoms with Gasteiger partial charge in [0.2, 0.25) is 5.91 Å². The fourth-order valence-electron chi connectivity index (χ4n) is 5.59. The van der Waals surface area contributed by atoms with Crippen LogP contribution in [0.3, 0.4) is 0 Å². The van der Waals surface area contributed by atoms with Crippen molar-refractivity contribution in [2.45, 2.75) is 76.3 Å². The minimum atomic E-state index is -0.312. The number of likely N-dealkylation sites (tertiary alicyclic amines) is 2. The van der Waals surface area contributed by atoms with E-state index in [0.717, 1.165) is 76.8 Å². The molecule has 3 heterocycles. The van der Waals surface area contributed by atoms with Crippen LogP contribution in [0.25, 0.3) is 0 Å². The number of nitrogens with zero attached hydrogens (tertiary/aromatic N) is 2. The number of amides is 3. The highest BCUT2D eigenvalue weighted by atomic mass is 16.5. The Morgan fingerprint density at radius 3 is 2.22 bits per heavy atom. The van der Waals surface area contributed by atoms with E-state index in [1.807, 2.05) is 9.80 Å². The van der Waals surface area contributed by atoms with Gasteiger partial charge in [0.15, 0.2) is 0 Å². The second-order valence-electron chi connectivity index (χ2n) is 8.89. The number of hydrogen-bond acceptors (Lipinski definition) is 3. The Labute approximate surface area is 163 Å². The summed E-state index contributed by atoms with van der Waals surface area (Å²) in [5.41, 5.74) is 0. The number of rotatable bonds is 3. The SMILES string of the molecule is O=C(N[C@@H]1CCN(C2CCCCC2)C1=O)N1CCC(C2CCOCC2)CC1. The Hall–Kier alpha value is -1.30. The van der Waals surface area contributed by atoms with Gasteiger partial charge in [0, 0.05) is 38.9 Å². The van der Waals surface area contributed by atoms with Gasteiger partial charge in [0.05, 0.1) is 0 Å². The van der Waals surface area contributed by atoms with Crippen molar-refractivity contribution in [2.75, 3.05) is 32.8 Å². The standard InChI is InChI=1S/C21H35N3O3/c25-20-19(8-13-24(20)18-4-2-1-3-5-18)22-21(26)23-11-6-16(7-12-23)17-9-14-27-15-10-17/h16-19H,1-15H2,(H,22,26)/t19-/m1/s1. The molecule has 1 atom stereocenters. The van der Waals surface area contributed by atoms with Gasteiger partial charge in [-0.05, 0) is 56.8 Å². The normalized spacial score (nSPS) is 29.3. The molecule has 1 aliphatic carbocycles. The fourth-order valence-corrected chi connectivity index (χ4v) is 5.59. The number of carbonyl (C=O) groups excluding carboxylic acids is 2. The van der Waals surface area contributed by atoms with Gasteiger partial charge in [-0.3, -0.25) is 4.79 Å². The molecular formula is C21H35N3O3. The first-order chi connectivity index (χ1) is 13.2. The van der Waals surface area contributed by atoms with E-state index in [-0.39, 0.29) is 18.0 Å². The molecule has 6 heteroatoms. The number of carbonyl (C=O) groups is 2. The van der Waals surface area contributed by atoms with Crippen LogP contribution in [0, 0.1) is 11.8 Å². The highest BCUT2D eigenvalue weighted by molar-refractivity contribution is 5.89. The van der Waals surface area contributed by atoms with E-state index < -0.39 is 0 Å². The van der Waals surface area contributed by atoms with Crippen LogP contribution >= 0.6 is 0 Å². The zero-order valence-electron chi connectivity index (χ0n) is 16.5. The third-order valence-electron chi connectivity index (χ3n) is 7.31. The highest BCUT2D eigenvalue weighted by Gasteiger charge is 2.38. The van der Waals surface area contributed by atoms with Crippen LogP contribution in [-0.2, 0) is 9.53 Å². The summed E-state index contributed by atoms with van der Waals surface area (Å²) in [5, 5.41) is 3.04. The summed E-state index contributed by atoms with van der Waals surface area (Å²) in [4.78, 5) is 29.4. The van der Waals surface area contributed by atoms with Gasteiger partial charge in [-0.1, -0.05) is 19.3 Å². The lowest BCUT2D eigenvalue weighted by Crippen LogP contribution is -2.51. The first kappa shape index (κ1) is 19.0. The Morgan fingerprint density at radius 1 is 0.852 bits per heavy atom. The molecule has 3 amide bonds. The average molecular weight is 378 g/mol. The molecule has 1 saturated carbocycles. The van der Waals surface area contributed by atoms with Crippen LogP contribution in [0.1, 0.15) is 64.2 Å². The lowest BCUT2D eigenvalue weighted by Gasteiger charge is -2.37. The summed E-state index contributed by atoms with van der Waals surface area (Å²) >= 11 is 0. The van der Waals surface area contributed by atoms with Gasteiger partial charge in [-0.25, -0.2) is 4.79 Å². The topological polar surface area (TPSA) is 61.9 Å². The van der Waals surface area contributed by atoms with Crippen LogP contribution in [-0.4, -0.2) is 66.7 Å². The van der Waals surface area contributed by atoms with Crippen molar-refractivity contribution >= 4 is 11.9 Å². The molecule has 3 saturated heterocycles. The average Bonchev–Trinajstić information content (AvgIpc) is 3.09. The van der Waals surface area contributed by atoms with Gasteiger partial charge in [0.1, 0.15) is 6.04 Å². The summed E-state index contributed by atoms with van der Waals surface area (Å²) in [6.07, 6.45) is 11.3. The van der Waals surface area contributed by atoms with E-state index >= 15 is 0 Å². The second kappa shape index (κ2) is 8.80. The van der Waals surface area contributed by atoms with Crippen molar-refractivity contribution in [2.24, 2.45) is 11.8 Å². The lowest BCUT2D eigenvalue weighted by molar-refractivity contribution is -0.131. The van der Waals surface area contributed by atoms with Gasteiger partial charge in [-0.15, -0.1) is 0 Å². The van der Waals surface area contributed by atoms with Gasteiger partial charge < -0.3 is 19.9 Å². The molecule has 0 unspecified atom stereocenters. The van der Waals surface area contributed by atoms with Crippen molar-refractivity contribution in [1.29, 1.82) is 0 Å². The van der Waals surface area contributed by atoms with E-state index in [1.165, 1.54) is 32.1 Å². The molecule has 0 aromatic rings. The fraction of sp³-hybridized carbons (Fsp3) is 0.905. The van der Waals surface area contributed by atoms with Gasteiger partial charge in [0.25, 0.3) is 0 Å². The molecular weight excluding hydrogens is 342 g/mol. The number of hydrogen-bond donors (Lipinski definition) is 1. The third kappa shape index (κ3) is 4.41. The molecule has 0 bridgehead atoms. The van der Waals surface area contributed by atoms with Crippen LogP contribution in [0.5, 0.6) is 0 Å². The van der Waals surface area contributed by atoms with Crippen molar-refractivity contribution in [1.82, 2.24) is 15.1 Å². The number of nitrogens with one attached hydrogen (secondary N) is 1. The molecule has 1 N–H and O–H groups in total. The van der Waals surface area contributed by atoms with Crippen LogP contribution in [0.4, 0.5) is 4.79 Å². The Morgan fingerprint density at radius 2 is 1.52 bits per heavy atom. The predicted molar refractivity (Wildman–Crippen MR) is 103 cm³/mol. The van der Waals surface area contributed by atoms with Crippen molar-refractivity contribution < 1.29 is 14.3 Å². The molecule has 0 radical (unpaired) electrons. The van der Waals surface area contributed by atoms with E-state index in [9.17, 15) is 9.59 Å². The Balaban J connectivity index is 1.23. The molecule has 4 fully saturated rings. The Bertz CT molecular complexity index is 521. The van der Waals surface area contributed by atoms with Crippen molar-refractivity contribution in [3.05, 3.63) is 0 Å². The zero-order chi connectivity index (χ0) is 18.6. The van der Waals surface area contributed by atoms with E-state index in [1.54, 1.807) is 0 Å². The van der Waals surface area contributed by atoms with Crippen molar-refractivity contribution in [3.8, 4) is 0 Å². The molecule has 0 aromatic carbocycles. The first-order valence-corrected chi connectivity index (χ1v) is 11.2. The smallest absolute Gasteiger partial charge is 0.318 e. The van der Waals surface area contributed by atoms with Gasteiger partial charge in [-0.2, -0.15) is 0 Å². The maximum atomic E-state index is 12.8.